The number of fused-ring (bicyclic) bond motifs is 4. The van der Waals surface area contributed by atoms with E-state index in [0.717, 1.165) is 114 Å². The van der Waals surface area contributed by atoms with E-state index in [1.807, 2.05) is 110 Å². The van der Waals surface area contributed by atoms with Gasteiger partial charge in [-0.15, -0.1) is 13.2 Å². The SMILES string of the molecule is CC(=O)C1CCNCC1.CC(=O)c1ccc(N)nc1.CC(=O)c1ccc2c(c1)OCO2.CC(=O)c1ccc2ccccc2n1.CC(=O)c1ccc2cncnc2c1.CCOc1ccc(C(C)=O)cc1C(F)(F)F.CCc1ccc(N)cc1.COc1ccc(C(C)=O)cc1OC(F)(F)F.COc1ccc(CCCC(C)=O)cc1.Cc1cc2ccccc2o1.Cc1ccc(C(F)(F)F)nc1. The van der Waals surface area contributed by atoms with E-state index < -0.39 is 41.5 Å². The van der Waals surface area contributed by atoms with E-state index in [2.05, 4.69) is 58.8 Å². The van der Waals surface area contributed by atoms with Gasteiger partial charge in [0.15, 0.2) is 57.7 Å². The Bertz CT molecular complexity index is 5810. The van der Waals surface area contributed by atoms with Gasteiger partial charge in [0.05, 0.1) is 37.4 Å². The number of hydrogen-bond donors (Lipinski definition) is 3. The number of para-hydroxylation sites is 2. The van der Waals surface area contributed by atoms with E-state index in [0.29, 0.717) is 57.8 Å². The zero-order valence-electron chi connectivity index (χ0n) is 76.1. The zero-order valence-corrected chi connectivity index (χ0v) is 76.1. The number of alkyl halides is 9. The van der Waals surface area contributed by atoms with Crippen LogP contribution in [0.4, 0.5) is 51.0 Å². The fourth-order valence-corrected chi connectivity index (χ4v) is 11.6. The van der Waals surface area contributed by atoms with E-state index in [1.165, 1.54) is 107 Å². The zero-order chi connectivity index (χ0) is 98.5. The van der Waals surface area contributed by atoms with Gasteiger partial charge in [-0.25, -0.2) is 19.9 Å². The number of aryl methyl sites for hydroxylation is 4. The molecule has 2 aliphatic rings. The molecule has 5 aromatic heterocycles. The normalized spacial score (nSPS) is 11.5. The molecule has 0 saturated carbocycles. The lowest BCUT2D eigenvalue weighted by Gasteiger charge is -2.19. The van der Waals surface area contributed by atoms with Gasteiger partial charge in [-0.05, 0) is 259 Å². The van der Waals surface area contributed by atoms with Crippen LogP contribution in [0.5, 0.6) is 34.5 Å². The van der Waals surface area contributed by atoms with Crippen molar-refractivity contribution in [3.05, 3.63) is 304 Å². The number of methoxy groups -OCH3 is 2. The largest absolute Gasteiger partial charge is 0.573 e. The van der Waals surface area contributed by atoms with Crippen molar-refractivity contribution >= 4 is 90.5 Å². The second-order valence-electron chi connectivity index (χ2n) is 29.4. The van der Waals surface area contributed by atoms with Crippen molar-refractivity contribution in [3.63, 3.8) is 0 Å². The summed E-state index contributed by atoms with van der Waals surface area (Å²) in [7, 11) is 2.87. The number of nitrogens with two attached hydrogens (primary N) is 2. The first-order valence-electron chi connectivity index (χ1n) is 41.6. The van der Waals surface area contributed by atoms with Crippen molar-refractivity contribution in [2.45, 2.75) is 140 Å². The number of benzene rings is 8. The molecule has 0 aliphatic carbocycles. The maximum atomic E-state index is 12.6. The Morgan fingerprint density at radius 2 is 1.05 bits per heavy atom. The molecular formula is C101H107F9N8O15. The molecule has 1 saturated heterocycles. The summed E-state index contributed by atoms with van der Waals surface area (Å²) in [5, 5.41) is 6.41. The van der Waals surface area contributed by atoms with Gasteiger partial charge in [0.25, 0.3) is 0 Å². The van der Waals surface area contributed by atoms with Crippen LogP contribution in [0.25, 0.3) is 32.8 Å². The summed E-state index contributed by atoms with van der Waals surface area (Å²) in [5.74, 6) is 3.11. The van der Waals surface area contributed by atoms with Crippen LogP contribution >= 0.6 is 0 Å². The number of ketones is 8. The molecule has 133 heavy (non-hydrogen) atoms. The highest BCUT2D eigenvalue weighted by Crippen LogP contribution is 2.38. The van der Waals surface area contributed by atoms with Gasteiger partial charge in [0.1, 0.15) is 57.9 Å². The van der Waals surface area contributed by atoms with Crippen molar-refractivity contribution in [1.29, 1.82) is 0 Å². The van der Waals surface area contributed by atoms with Gasteiger partial charge in [-0.1, -0.05) is 91.9 Å². The lowest BCUT2D eigenvalue weighted by atomic mass is 9.95. The van der Waals surface area contributed by atoms with Crippen molar-refractivity contribution in [2.75, 3.05) is 52.2 Å². The fourth-order valence-electron chi connectivity index (χ4n) is 11.6. The molecule has 0 bridgehead atoms. The summed E-state index contributed by atoms with van der Waals surface area (Å²) in [6.45, 7) is 21.7. The lowest BCUT2D eigenvalue weighted by molar-refractivity contribution is -0.275. The number of pyridine rings is 3. The van der Waals surface area contributed by atoms with E-state index in [1.54, 1.807) is 96.5 Å². The number of nitrogens with zero attached hydrogens (tertiary/aromatic N) is 5. The molecule has 8 aromatic carbocycles. The quantitative estimate of drug-likeness (QED) is 0.0433. The molecule has 0 unspecified atom stereocenters. The summed E-state index contributed by atoms with van der Waals surface area (Å²) in [4.78, 5) is 106. The molecule has 0 spiro atoms. The predicted octanol–water partition coefficient (Wildman–Crippen LogP) is 23.0. The number of halogens is 9. The van der Waals surface area contributed by atoms with Crippen LogP contribution in [0.2, 0.25) is 0 Å². The molecule has 5 N–H and O–H groups in total. The minimum absolute atomic E-state index is 0.00533. The molecule has 0 radical (unpaired) electrons. The average molecular weight is 1840 g/mol. The monoisotopic (exact) mass is 1840 g/mol. The molecule has 13 aromatic rings. The molecule has 0 amide bonds. The Kier molecular flexibility index (Phi) is 44.9. The molecule has 704 valence electrons. The minimum atomic E-state index is -4.82. The number of nitrogen functional groups attached to an aromatic ring is 2. The Labute approximate surface area is 765 Å². The number of hydrogen-bond acceptors (Lipinski definition) is 23. The third-order valence-electron chi connectivity index (χ3n) is 18.8. The number of anilines is 2. The number of nitrogens with one attached hydrogen (secondary N) is 1. The second kappa shape index (κ2) is 54.8. The average Bonchev–Trinajstić information content (AvgIpc) is 1.57. The van der Waals surface area contributed by atoms with E-state index in [4.69, 9.17) is 34.8 Å². The molecule has 0 atom stereocenters. The number of carbonyl (C=O) groups is 8. The first-order valence-corrected chi connectivity index (χ1v) is 41.6. The van der Waals surface area contributed by atoms with Crippen molar-refractivity contribution in [3.8, 4) is 34.5 Å². The van der Waals surface area contributed by atoms with Crippen LogP contribution in [0.1, 0.15) is 191 Å². The van der Waals surface area contributed by atoms with Gasteiger partial charge in [-0.3, -0.25) is 38.5 Å². The molecule has 2 aliphatic heterocycles. The maximum Gasteiger partial charge on any atom is 0.573 e. The molecular weight excluding hydrogens is 1740 g/mol. The van der Waals surface area contributed by atoms with Gasteiger partial charge in [-0.2, -0.15) is 26.3 Å². The molecule has 7 heterocycles. The molecule has 15 rings (SSSR count). The Balaban J connectivity index is 0.000000260. The molecule has 1 fully saturated rings. The standard InChI is InChI=1S/C12H16O2.C11H11F3O2.C11H9NO.C10H9F3O3.C10H8N2O.C9H8O3.C9H8O.C8H11N.C7H6F3N.C7H8N2O.C7H13NO/c1-10(13)4-3-5-11-6-8-12(14-2)9-7-11;1-3-16-10-5-4-8(7(2)15)6-9(10)11(12,13)14;1-8(13)10-7-6-9-4-2-3-5-11(9)12-10;1-6(14)7-3-4-8(15-2)9(5-7)16-10(11,12)13;1-7(13)8-2-3-9-5-11-6-12-10(9)4-8;1-6(10)7-2-3-8-9(4-7)12-5-11-8;1-7-6-8-4-2-3-5-9(8)10-7;1-2-7-3-5-8(9)6-4-7;1-5-2-3-6(11-4-5)7(8,9)10;1-5(10)6-2-3-7(8)9-4-6;1-6(9)7-2-4-8-5-3-7/h6-9H,3-5H2,1-2H3;4-6H,3H2,1-2H3;2-7H,1H3;3-5H,1-2H3;2-6H,1H3;2-4H,5H2,1H3;2-6H,1H3;3-6H,2,9H2,1H3;2-4H,1H3;2-4H,1H3,(H2,8,9);7-8H,2-5H2,1H3. The summed E-state index contributed by atoms with van der Waals surface area (Å²) in [6.07, 6.45) is -2.06. The fraction of sp³-hybridized carbons (Fsp3) is 0.277. The second-order valence-corrected chi connectivity index (χ2v) is 29.4. The highest BCUT2D eigenvalue weighted by atomic mass is 19.4. The smallest absolute Gasteiger partial charge is 0.497 e. The van der Waals surface area contributed by atoms with Crippen LogP contribution in [-0.2, 0) is 34.8 Å². The third-order valence-corrected chi connectivity index (χ3v) is 18.8. The number of ether oxygens (including phenoxy) is 6. The van der Waals surface area contributed by atoms with Crippen LogP contribution in [0.3, 0.4) is 0 Å². The van der Waals surface area contributed by atoms with E-state index in [9.17, 15) is 77.9 Å². The maximum absolute atomic E-state index is 12.6. The highest BCUT2D eigenvalue weighted by molar-refractivity contribution is 5.98. The first-order chi connectivity index (χ1) is 62.9. The number of aromatic nitrogens is 5. The van der Waals surface area contributed by atoms with Crippen LogP contribution < -0.4 is 45.2 Å². The van der Waals surface area contributed by atoms with Gasteiger partial charge in [0.2, 0.25) is 6.79 Å². The topological polar surface area (TPSA) is 334 Å². The third kappa shape index (κ3) is 40.1. The Hall–Kier alpha value is -14.6. The number of piperidine rings is 1. The van der Waals surface area contributed by atoms with E-state index in [-0.39, 0.29) is 70.7 Å². The van der Waals surface area contributed by atoms with Crippen LogP contribution in [0.15, 0.2) is 242 Å². The number of Topliss-reactive ketones (excluding diaryl/α,β-unsaturated/α-hetero) is 8. The molecule has 32 heteroatoms. The lowest BCUT2D eigenvalue weighted by Crippen LogP contribution is -2.30. The minimum Gasteiger partial charge on any atom is -0.497 e. The van der Waals surface area contributed by atoms with Crippen molar-refractivity contribution in [2.24, 2.45) is 5.92 Å². The molecule has 23 nitrogen and oxygen atoms in total. The van der Waals surface area contributed by atoms with Crippen LogP contribution in [0, 0.1) is 19.8 Å². The Morgan fingerprint density at radius 1 is 0.489 bits per heavy atom. The summed E-state index contributed by atoms with van der Waals surface area (Å²) in [6, 6.07) is 60.5. The number of rotatable bonds is 17. The van der Waals surface area contributed by atoms with Crippen LogP contribution in [-0.4, -0.2) is 118 Å². The number of carbonyl (C=O) groups excluding carboxylic acids is 8. The first kappa shape index (κ1) is 109. The highest BCUT2D eigenvalue weighted by Gasteiger charge is 2.36. The number of furan rings is 1. The predicted molar refractivity (Wildman–Crippen MR) is 493 cm³/mol. The van der Waals surface area contributed by atoms with Gasteiger partial charge < -0.3 is 54.4 Å². The van der Waals surface area contributed by atoms with Gasteiger partial charge in [0, 0.05) is 87.5 Å². The van der Waals surface area contributed by atoms with E-state index >= 15 is 0 Å². The summed E-state index contributed by atoms with van der Waals surface area (Å²) >= 11 is 0. The summed E-state index contributed by atoms with van der Waals surface area (Å²) in [5.41, 5.74) is 18.4. The Morgan fingerprint density at radius 3 is 1.59 bits per heavy atom. The van der Waals surface area contributed by atoms with Crippen molar-refractivity contribution in [1.82, 2.24) is 30.2 Å². The van der Waals surface area contributed by atoms with Crippen molar-refractivity contribution < 1.29 is 111 Å². The van der Waals surface area contributed by atoms with Gasteiger partial charge >= 0.3 is 18.7 Å². The summed E-state index contributed by atoms with van der Waals surface area (Å²) < 4.78 is 143.